The number of carbonyl (C=O) groups excluding carboxylic acids is 2. The number of morpholine rings is 1. The Morgan fingerprint density at radius 1 is 1.35 bits per heavy atom. The fourth-order valence-corrected chi connectivity index (χ4v) is 2.41. The molecule has 0 bridgehead atoms. The first-order valence-electron chi connectivity index (χ1n) is 7.68. The molecule has 1 aliphatic heterocycles. The minimum Gasteiger partial charge on any atom is -0.483 e. The van der Waals surface area contributed by atoms with E-state index >= 15 is 0 Å². The van der Waals surface area contributed by atoms with Gasteiger partial charge in [0.25, 0.3) is 11.8 Å². The summed E-state index contributed by atoms with van der Waals surface area (Å²) in [7, 11) is 0. The van der Waals surface area contributed by atoms with E-state index in [-0.39, 0.29) is 18.6 Å². The van der Waals surface area contributed by atoms with Gasteiger partial charge in [0.2, 0.25) is 0 Å². The molecule has 126 valence electrons. The van der Waals surface area contributed by atoms with Gasteiger partial charge in [-0.1, -0.05) is 12.1 Å². The molecule has 0 aromatic heterocycles. The predicted molar refractivity (Wildman–Crippen MR) is 85.3 cm³/mol. The molecule has 1 aromatic rings. The molecule has 1 aliphatic rings. The highest BCUT2D eigenvalue weighted by atomic mass is 16.5. The lowest BCUT2D eigenvalue weighted by atomic mass is 10.1. The van der Waals surface area contributed by atoms with E-state index < -0.39 is 5.91 Å². The molecule has 1 saturated heterocycles. The van der Waals surface area contributed by atoms with Gasteiger partial charge in [0.1, 0.15) is 5.75 Å². The molecule has 1 unspecified atom stereocenters. The van der Waals surface area contributed by atoms with Crippen molar-refractivity contribution >= 4 is 11.8 Å². The molecular formula is C16H23N3O4. The van der Waals surface area contributed by atoms with Crippen molar-refractivity contribution in [3.05, 3.63) is 29.8 Å². The van der Waals surface area contributed by atoms with Crippen LogP contribution in [-0.4, -0.2) is 62.2 Å². The molecule has 7 nitrogen and oxygen atoms in total. The summed E-state index contributed by atoms with van der Waals surface area (Å²) in [6.07, 6.45) is 0. The van der Waals surface area contributed by atoms with Gasteiger partial charge in [-0.2, -0.15) is 0 Å². The average Bonchev–Trinajstić information content (AvgIpc) is 2.58. The van der Waals surface area contributed by atoms with Crippen LogP contribution in [0, 0.1) is 0 Å². The number of para-hydroxylation sites is 1. The third kappa shape index (κ3) is 5.22. The Hall–Kier alpha value is -2.12. The van der Waals surface area contributed by atoms with Gasteiger partial charge in [-0.15, -0.1) is 0 Å². The Bertz CT molecular complexity index is 544. The molecule has 0 spiro atoms. The van der Waals surface area contributed by atoms with Crippen LogP contribution in [-0.2, 0) is 9.53 Å². The maximum absolute atomic E-state index is 12.3. The zero-order chi connectivity index (χ0) is 16.7. The van der Waals surface area contributed by atoms with E-state index in [1.807, 2.05) is 0 Å². The van der Waals surface area contributed by atoms with Crippen LogP contribution in [0.2, 0.25) is 0 Å². The Morgan fingerprint density at radius 2 is 2.04 bits per heavy atom. The molecule has 0 aliphatic carbocycles. The second kappa shape index (κ2) is 8.50. The van der Waals surface area contributed by atoms with Crippen molar-refractivity contribution in [3.63, 3.8) is 0 Å². The molecule has 3 N–H and O–H groups in total. The van der Waals surface area contributed by atoms with Gasteiger partial charge < -0.3 is 20.5 Å². The van der Waals surface area contributed by atoms with Crippen molar-refractivity contribution in [2.75, 3.05) is 39.5 Å². The van der Waals surface area contributed by atoms with Crippen LogP contribution in [0.15, 0.2) is 24.3 Å². The summed E-state index contributed by atoms with van der Waals surface area (Å²) in [6.45, 7) is 5.54. The molecule has 1 fully saturated rings. The standard InChI is InChI=1S/C16H23N3O4/c1-12(19-6-8-22-9-7-19)10-18-16(21)13-4-2-3-5-14(13)23-11-15(17)20/h2-5,12H,6-11H2,1H3,(H2,17,20)(H,18,21). The summed E-state index contributed by atoms with van der Waals surface area (Å²) in [6, 6.07) is 7.01. The van der Waals surface area contributed by atoms with E-state index in [0.29, 0.717) is 17.9 Å². The lowest BCUT2D eigenvalue weighted by molar-refractivity contribution is -0.119. The van der Waals surface area contributed by atoms with Crippen LogP contribution in [0.3, 0.4) is 0 Å². The summed E-state index contributed by atoms with van der Waals surface area (Å²) in [4.78, 5) is 25.4. The number of nitrogens with one attached hydrogen (secondary N) is 1. The zero-order valence-electron chi connectivity index (χ0n) is 13.3. The number of benzene rings is 1. The molecule has 2 amide bonds. The number of nitrogens with zero attached hydrogens (tertiary/aromatic N) is 1. The normalized spacial score (nSPS) is 16.6. The lowest BCUT2D eigenvalue weighted by Crippen LogP contribution is -2.47. The van der Waals surface area contributed by atoms with E-state index in [1.165, 1.54) is 0 Å². The fraction of sp³-hybridized carbons (Fsp3) is 0.500. The number of hydrogen-bond acceptors (Lipinski definition) is 5. The predicted octanol–water partition coefficient (Wildman–Crippen LogP) is 0.00120. The summed E-state index contributed by atoms with van der Waals surface area (Å²) in [5, 5.41) is 2.91. The minimum absolute atomic E-state index is 0.224. The highest BCUT2D eigenvalue weighted by molar-refractivity contribution is 5.97. The Kier molecular flexibility index (Phi) is 6.37. The van der Waals surface area contributed by atoms with Gasteiger partial charge in [0.05, 0.1) is 18.8 Å². The van der Waals surface area contributed by atoms with Crippen molar-refractivity contribution in [1.82, 2.24) is 10.2 Å². The smallest absolute Gasteiger partial charge is 0.255 e. The van der Waals surface area contributed by atoms with Crippen LogP contribution in [0.25, 0.3) is 0 Å². The minimum atomic E-state index is -0.582. The molecule has 2 rings (SSSR count). The molecule has 1 atom stereocenters. The van der Waals surface area contributed by atoms with Gasteiger partial charge in [0, 0.05) is 25.7 Å². The molecular weight excluding hydrogens is 298 g/mol. The van der Waals surface area contributed by atoms with Crippen molar-refractivity contribution in [2.24, 2.45) is 5.73 Å². The molecule has 23 heavy (non-hydrogen) atoms. The SMILES string of the molecule is CC(CNC(=O)c1ccccc1OCC(N)=O)N1CCOCC1. The maximum atomic E-state index is 12.3. The number of hydrogen-bond donors (Lipinski definition) is 2. The van der Waals surface area contributed by atoms with E-state index in [0.717, 1.165) is 26.3 Å². The summed E-state index contributed by atoms with van der Waals surface area (Å²) >= 11 is 0. The van der Waals surface area contributed by atoms with E-state index in [9.17, 15) is 9.59 Å². The van der Waals surface area contributed by atoms with Gasteiger partial charge in [0.15, 0.2) is 6.61 Å². The third-order valence-electron chi connectivity index (χ3n) is 3.73. The largest absolute Gasteiger partial charge is 0.483 e. The lowest BCUT2D eigenvalue weighted by Gasteiger charge is -2.32. The summed E-state index contributed by atoms with van der Waals surface area (Å²) < 4.78 is 10.6. The highest BCUT2D eigenvalue weighted by Gasteiger charge is 2.19. The monoisotopic (exact) mass is 321 g/mol. The van der Waals surface area contributed by atoms with Crippen LogP contribution >= 0.6 is 0 Å². The van der Waals surface area contributed by atoms with Crippen molar-refractivity contribution in [2.45, 2.75) is 13.0 Å². The van der Waals surface area contributed by atoms with Crippen molar-refractivity contribution < 1.29 is 19.1 Å². The first kappa shape index (κ1) is 17.2. The summed E-state index contributed by atoms with van der Waals surface area (Å²) in [5.41, 5.74) is 5.46. The molecule has 7 heteroatoms. The molecule has 1 heterocycles. The van der Waals surface area contributed by atoms with Crippen molar-refractivity contribution in [3.8, 4) is 5.75 Å². The molecule has 1 aromatic carbocycles. The number of rotatable bonds is 7. The molecule has 0 saturated carbocycles. The van der Waals surface area contributed by atoms with Crippen LogP contribution in [0.5, 0.6) is 5.75 Å². The fourth-order valence-electron chi connectivity index (χ4n) is 2.41. The maximum Gasteiger partial charge on any atom is 0.255 e. The number of ether oxygens (including phenoxy) is 2. The average molecular weight is 321 g/mol. The van der Waals surface area contributed by atoms with E-state index in [4.69, 9.17) is 15.2 Å². The Balaban J connectivity index is 1.91. The Labute approximate surface area is 135 Å². The number of primary amides is 1. The van der Waals surface area contributed by atoms with Gasteiger partial charge in [-0.05, 0) is 19.1 Å². The first-order valence-corrected chi connectivity index (χ1v) is 7.68. The van der Waals surface area contributed by atoms with Gasteiger partial charge in [-0.25, -0.2) is 0 Å². The number of carbonyl (C=O) groups is 2. The summed E-state index contributed by atoms with van der Waals surface area (Å²) in [5.74, 6) is -0.464. The Morgan fingerprint density at radius 3 is 2.74 bits per heavy atom. The second-order valence-electron chi connectivity index (χ2n) is 5.46. The van der Waals surface area contributed by atoms with Crippen LogP contribution in [0.4, 0.5) is 0 Å². The van der Waals surface area contributed by atoms with Crippen molar-refractivity contribution in [1.29, 1.82) is 0 Å². The second-order valence-corrected chi connectivity index (χ2v) is 5.46. The molecule has 0 radical (unpaired) electrons. The van der Waals surface area contributed by atoms with Crippen LogP contribution < -0.4 is 15.8 Å². The zero-order valence-corrected chi connectivity index (χ0v) is 13.3. The number of amides is 2. The van der Waals surface area contributed by atoms with Crippen LogP contribution in [0.1, 0.15) is 17.3 Å². The first-order chi connectivity index (χ1) is 11.1. The third-order valence-corrected chi connectivity index (χ3v) is 3.73. The topological polar surface area (TPSA) is 93.9 Å². The van der Waals surface area contributed by atoms with E-state index in [1.54, 1.807) is 24.3 Å². The number of nitrogens with two attached hydrogens (primary N) is 1. The van der Waals surface area contributed by atoms with Gasteiger partial charge in [-0.3, -0.25) is 14.5 Å². The quantitative estimate of drug-likeness (QED) is 0.737. The van der Waals surface area contributed by atoms with E-state index in [2.05, 4.69) is 17.1 Å². The van der Waals surface area contributed by atoms with Gasteiger partial charge >= 0.3 is 0 Å². The highest BCUT2D eigenvalue weighted by Crippen LogP contribution is 2.17.